The quantitative estimate of drug-likeness (QED) is 0.289. The smallest absolute Gasteiger partial charge is 0.250 e. The highest BCUT2D eigenvalue weighted by Crippen LogP contribution is 2.59. The number of rotatable bonds is 13. The lowest BCUT2D eigenvalue weighted by atomic mass is 9.70. The van der Waals surface area contributed by atoms with E-state index in [9.17, 15) is 19.5 Å². The van der Waals surface area contributed by atoms with E-state index in [0.29, 0.717) is 30.5 Å². The molecule has 3 amide bonds. The maximum Gasteiger partial charge on any atom is 0.250 e. The summed E-state index contributed by atoms with van der Waals surface area (Å²) in [6.45, 7) is 11.9. The van der Waals surface area contributed by atoms with Gasteiger partial charge in [0.2, 0.25) is 17.7 Å². The second-order valence-corrected chi connectivity index (χ2v) is 12.6. The summed E-state index contributed by atoms with van der Waals surface area (Å²) >= 11 is 0. The number of benzene rings is 2. The molecule has 1 spiro atoms. The van der Waals surface area contributed by atoms with E-state index in [0.717, 1.165) is 5.52 Å². The second kappa shape index (κ2) is 12.8. The molecule has 1 aromatic heterocycles. The van der Waals surface area contributed by atoms with E-state index in [1.807, 2.05) is 68.4 Å². The molecular formula is C35H42N6O5. The Morgan fingerprint density at radius 1 is 1.11 bits per heavy atom. The number of hydrogen-bond donors (Lipinski definition) is 1. The molecule has 242 valence electrons. The highest BCUT2D eigenvalue weighted by Gasteiger charge is 2.75. The lowest BCUT2D eigenvalue weighted by molar-refractivity contribution is -0.153. The summed E-state index contributed by atoms with van der Waals surface area (Å²) in [5, 5.41) is 19.2. The minimum Gasteiger partial charge on any atom is -0.394 e. The van der Waals surface area contributed by atoms with E-state index >= 15 is 0 Å². The number of carbonyl (C=O) groups excluding carboxylic acids is 3. The molecule has 3 aliphatic heterocycles. The third-order valence-electron chi connectivity index (χ3n) is 10.1. The molecule has 3 aliphatic rings. The molecule has 0 saturated carbocycles. The maximum atomic E-state index is 14.9. The summed E-state index contributed by atoms with van der Waals surface area (Å²) in [7, 11) is 0. The molecule has 2 bridgehead atoms. The predicted molar refractivity (Wildman–Crippen MR) is 173 cm³/mol. The summed E-state index contributed by atoms with van der Waals surface area (Å²) in [6.07, 6.45) is 4.45. The molecule has 11 heteroatoms. The fourth-order valence-corrected chi connectivity index (χ4v) is 7.79. The summed E-state index contributed by atoms with van der Waals surface area (Å²) in [5.41, 5.74) is 0.938. The van der Waals surface area contributed by atoms with Crippen LogP contribution in [0.5, 0.6) is 0 Å². The van der Waals surface area contributed by atoms with Crippen LogP contribution in [0, 0.1) is 17.8 Å². The lowest BCUT2D eigenvalue weighted by Crippen LogP contribution is -2.60. The molecular weight excluding hydrogens is 584 g/mol. The van der Waals surface area contributed by atoms with Crippen LogP contribution in [-0.2, 0) is 25.8 Å². The molecule has 0 aliphatic carbocycles. The number of aliphatic hydroxyl groups is 1. The summed E-state index contributed by atoms with van der Waals surface area (Å²) in [6, 6.07) is 15.1. The molecule has 2 unspecified atom stereocenters. The number of likely N-dealkylation sites (tertiary alicyclic amines) is 1. The minimum absolute atomic E-state index is 0.0741. The average Bonchev–Trinajstić information content (AvgIpc) is 3.83. The zero-order valence-electron chi connectivity index (χ0n) is 26.4. The maximum absolute atomic E-state index is 14.9. The average molecular weight is 627 g/mol. The fraction of sp³-hybridized carbons (Fsp3) is 0.457. The van der Waals surface area contributed by atoms with Gasteiger partial charge in [-0.25, -0.2) is 4.68 Å². The van der Waals surface area contributed by atoms with Crippen LogP contribution in [0.3, 0.4) is 0 Å². The van der Waals surface area contributed by atoms with Crippen LogP contribution >= 0.6 is 0 Å². The predicted octanol–water partition coefficient (Wildman–Crippen LogP) is 3.40. The zero-order chi connectivity index (χ0) is 32.6. The molecule has 0 radical (unpaired) electrons. The Morgan fingerprint density at radius 2 is 1.83 bits per heavy atom. The molecule has 7 atom stereocenters. The SMILES string of the molecule is C=CCN(Cn1nnc2ccccc21)C(=O)C1N([C@@H](CO)[C@@H](C)CC)C(=O)[C@@H]2[C@@H](C(=O)N(CC=C)c3ccccc3)[C@H]3CCC12O3. The molecule has 2 aromatic carbocycles. The number of fused-ring (bicyclic) bond motifs is 2. The number of para-hydroxylation sites is 2. The van der Waals surface area contributed by atoms with Crippen LogP contribution in [-0.4, -0.2) is 91.1 Å². The van der Waals surface area contributed by atoms with Gasteiger partial charge in [0.05, 0.1) is 36.1 Å². The summed E-state index contributed by atoms with van der Waals surface area (Å²) < 4.78 is 8.38. The standard InChI is InChI=1S/C35H42N6O5/c1-5-19-38(22-40-26-16-12-11-15-25(26)36-37-40)34(45)31-35-18-17-28(46-35)29(30(35)33(44)41(31)27(21-42)23(4)7-3)32(43)39(20-6-2)24-13-9-8-10-14-24/h5-6,8-16,23,27-31,42H,1-2,7,17-22H2,3-4H3/t23-,27-,28+,29-,30-,31?,35?/m0/s1. The number of ether oxygens (including phenoxy) is 1. The number of amides is 3. The van der Waals surface area contributed by atoms with Gasteiger partial charge in [0, 0.05) is 18.8 Å². The van der Waals surface area contributed by atoms with Gasteiger partial charge in [-0.3, -0.25) is 14.4 Å². The van der Waals surface area contributed by atoms with Crippen molar-refractivity contribution in [1.29, 1.82) is 0 Å². The Kier molecular flexibility index (Phi) is 8.80. The summed E-state index contributed by atoms with van der Waals surface area (Å²) in [4.78, 5) is 48.9. The largest absolute Gasteiger partial charge is 0.394 e. The highest BCUT2D eigenvalue weighted by molar-refractivity contribution is 6.03. The van der Waals surface area contributed by atoms with E-state index in [-0.39, 0.29) is 50.0 Å². The molecule has 3 fully saturated rings. The van der Waals surface area contributed by atoms with Crippen molar-refractivity contribution < 1.29 is 24.2 Å². The van der Waals surface area contributed by atoms with E-state index < -0.39 is 35.6 Å². The van der Waals surface area contributed by atoms with Gasteiger partial charge < -0.3 is 24.5 Å². The molecule has 1 N–H and O–H groups in total. The van der Waals surface area contributed by atoms with Crippen molar-refractivity contribution in [1.82, 2.24) is 24.8 Å². The van der Waals surface area contributed by atoms with Crippen molar-refractivity contribution >= 4 is 34.4 Å². The van der Waals surface area contributed by atoms with Gasteiger partial charge in [-0.2, -0.15) is 0 Å². The van der Waals surface area contributed by atoms with E-state index in [1.165, 1.54) is 0 Å². The van der Waals surface area contributed by atoms with Crippen molar-refractivity contribution in [3.8, 4) is 0 Å². The van der Waals surface area contributed by atoms with Gasteiger partial charge in [-0.05, 0) is 43.0 Å². The Balaban J connectivity index is 1.42. The summed E-state index contributed by atoms with van der Waals surface area (Å²) in [5.74, 6) is -2.67. The first kappa shape index (κ1) is 31.6. The Bertz CT molecular complexity index is 1630. The second-order valence-electron chi connectivity index (χ2n) is 12.6. The lowest BCUT2D eigenvalue weighted by Gasteiger charge is -2.40. The first-order chi connectivity index (χ1) is 22.3. The first-order valence-corrected chi connectivity index (χ1v) is 16.1. The van der Waals surface area contributed by atoms with Crippen molar-refractivity contribution in [3.63, 3.8) is 0 Å². The molecule has 11 nitrogen and oxygen atoms in total. The number of nitrogens with zero attached hydrogens (tertiary/aromatic N) is 6. The molecule has 46 heavy (non-hydrogen) atoms. The van der Waals surface area contributed by atoms with Gasteiger partial charge in [0.25, 0.3) is 0 Å². The third-order valence-corrected chi connectivity index (χ3v) is 10.1. The minimum atomic E-state index is -1.22. The third kappa shape index (κ3) is 5.02. The van der Waals surface area contributed by atoms with Gasteiger partial charge in [-0.15, -0.1) is 18.3 Å². The number of hydrogen-bond acceptors (Lipinski definition) is 7. The topological polar surface area (TPSA) is 121 Å². The number of aromatic nitrogens is 3. The fourth-order valence-electron chi connectivity index (χ4n) is 7.79. The van der Waals surface area contributed by atoms with Gasteiger partial charge in [-0.1, -0.05) is 68.0 Å². The van der Waals surface area contributed by atoms with Crippen LogP contribution in [0.15, 0.2) is 79.9 Å². The van der Waals surface area contributed by atoms with E-state index in [2.05, 4.69) is 23.5 Å². The number of anilines is 1. The van der Waals surface area contributed by atoms with Crippen LogP contribution < -0.4 is 4.90 Å². The van der Waals surface area contributed by atoms with Crippen LogP contribution in [0.25, 0.3) is 11.0 Å². The molecule has 3 aromatic rings. The zero-order valence-corrected chi connectivity index (χ0v) is 26.4. The normalized spacial score (nSPS) is 26.2. The van der Waals surface area contributed by atoms with Crippen LogP contribution in [0.4, 0.5) is 5.69 Å². The van der Waals surface area contributed by atoms with Crippen molar-refractivity contribution in [2.45, 2.75) is 63.6 Å². The molecule has 4 heterocycles. The van der Waals surface area contributed by atoms with E-state index in [4.69, 9.17) is 4.74 Å². The highest BCUT2D eigenvalue weighted by atomic mass is 16.5. The van der Waals surface area contributed by atoms with Crippen molar-refractivity contribution in [2.75, 3.05) is 24.6 Å². The monoisotopic (exact) mass is 626 g/mol. The van der Waals surface area contributed by atoms with Gasteiger partial charge >= 0.3 is 0 Å². The Hall–Kier alpha value is -4.35. The Morgan fingerprint density at radius 3 is 2.52 bits per heavy atom. The van der Waals surface area contributed by atoms with Crippen LogP contribution in [0.2, 0.25) is 0 Å². The number of aliphatic hydroxyl groups excluding tert-OH is 1. The van der Waals surface area contributed by atoms with Crippen LogP contribution in [0.1, 0.15) is 33.1 Å². The van der Waals surface area contributed by atoms with Crippen molar-refractivity contribution in [3.05, 3.63) is 79.9 Å². The first-order valence-electron chi connectivity index (χ1n) is 16.1. The van der Waals surface area contributed by atoms with Crippen molar-refractivity contribution in [2.24, 2.45) is 17.8 Å². The Labute approximate surface area is 269 Å². The number of carbonyl (C=O) groups is 3. The van der Waals surface area contributed by atoms with E-state index in [1.54, 1.807) is 31.5 Å². The molecule has 3 saturated heterocycles. The molecule has 6 rings (SSSR count). The van der Waals surface area contributed by atoms with Gasteiger partial charge in [0.15, 0.2) is 0 Å². The van der Waals surface area contributed by atoms with Gasteiger partial charge in [0.1, 0.15) is 23.8 Å².